The zero-order valence-corrected chi connectivity index (χ0v) is 12.3. The second kappa shape index (κ2) is 5.59. The van der Waals surface area contributed by atoms with Crippen LogP contribution in [0.25, 0.3) is 0 Å². The quantitative estimate of drug-likeness (QED) is 0.817. The van der Waals surface area contributed by atoms with Crippen LogP contribution in [0.3, 0.4) is 0 Å². The van der Waals surface area contributed by atoms with Gasteiger partial charge in [-0.3, -0.25) is 14.7 Å². The van der Waals surface area contributed by atoms with Crippen molar-refractivity contribution in [3.05, 3.63) is 29.6 Å². The van der Waals surface area contributed by atoms with Gasteiger partial charge < -0.3 is 4.90 Å². The summed E-state index contributed by atoms with van der Waals surface area (Å²) in [6.07, 6.45) is 1.65. The molecule has 5 nitrogen and oxygen atoms in total. The summed E-state index contributed by atoms with van der Waals surface area (Å²) in [6, 6.07) is 6.04. The van der Waals surface area contributed by atoms with Gasteiger partial charge in [0.25, 0.3) is 5.91 Å². The van der Waals surface area contributed by atoms with E-state index in [0.717, 1.165) is 18.7 Å². The predicted octanol–water partition coefficient (Wildman–Crippen LogP) is 1.45. The molecular weight excluding hydrogens is 252 g/mol. The van der Waals surface area contributed by atoms with Crippen LogP contribution >= 0.6 is 0 Å². The lowest BCUT2D eigenvalue weighted by Crippen LogP contribution is -2.55. The number of carbonyl (C=O) groups excluding carboxylic acids is 1. The van der Waals surface area contributed by atoms with Crippen LogP contribution in [0.5, 0.6) is 0 Å². The summed E-state index contributed by atoms with van der Waals surface area (Å²) in [7, 11) is 0. The molecule has 2 heterocycles. The van der Waals surface area contributed by atoms with Gasteiger partial charge in [0.2, 0.25) is 0 Å². The largest absolute Gasteiger partial charge is 0.335 e. The summed E-state index contributed by atoms with van der Waals surface area (Å²) in [6.45, 7) is 8.44. The van der Waals surface area contributed by atoms with Crippen molar-refractivity contribution in [2.75, 3.05) is 26.2 Å². The van der Waals surface area contributed by atoms with E-state index in [9.17, 15) is 4.79 Å². The van der Waals surface area contributed by atoms with Crippen molar-refractivity contribution >= 4 is 5.91 Å². The molecule has 0 spiro atoms. The van der Waals surface area contributed by atoms with Crippen LogP contribution in [0.4, 0.5) is 0 Å². The third-order valence-electron chi connectivity index (χ3n) is 3.84. The Morgan fingerprint density at radius 1 is 1.35 bits per heavy atom. The lowest BCUT2D eigenvalue weighted by atomic mass is 10.0. The molecule has 1 aliphatic rings. The van der Waals surface area contributed by atoms with Gasteiger partial charge in [0, 0.05) is 32.4 Å². The van der Waals surface area contributed by atoms with Crippen molar-refractivity contribution in [2.45, 2.75) is 26.3 Å². The van der Waals surface area contributed by atoms with Crippen LogP contribution < -0.4 is 0 Å². The molecule has 1 amide bonds. The zero-order chi connectivity index (χ0) is 14.8. The number of amides is 1. The van der Waals surface area contributed by atoms with Crippen LogP contribution in [0.15, 0.2) is 18.3 Å². The SMILES string of the molecule is Cc1cccnc1C(=O)N1CCN(C(C)(C)C#N)CC1. The van der Waals surface area contributed by atoms with Gasteiger partial charge >= 0.3 is 0 Å². The molecule has 1 aromatic rings. The monoisotopic (exact) mass is 272 g/mol. The molecule has 0 N–H and O–H groups in total. The summed E-state index contributed by atoms with van der Waals surface area (Å²) in [5, 5.41) is 9.15. The van der Waals surface area contributed by atoms with Crippen LogP contribution in [0.2, 0.25) is 0 Å². The number of nitrogens with zero attached hydrogens (tertiary/aromatic N) is 4. The van der Waals surface area contributed by atoms with Crippen LogP contribution in [0.1, 0.15) is 29.9 Å². The van der Waals surface area contributed by atoms with Crippen molar-refractivity contribution < 1.29 is 4.79 Å². The number of hydrogen-bond acceptors (Lipinski definition) is 4. The van der Waals surface area contributed by atoms with Crippen molar-refractivity contribution in [3.63, 3.8) is 0 Å². The van der Waals surface area contributed by atoms with E-state index >= 15 is 0 Å². The number of aromatic nitrogens is 1. The van der Waals surface area contributed by atoms with Gasteiger partial charge in [-0.15, -0.1) is 0 Å². The minimum atomic E-state index is -0.476. The molecule has 106 valence electrons. The summed E-state index contributed by atoms with van der Waals surface area (Å²) in [5.74, 6) is -0.0162. The number of pyridine rings is 1. The first-order valence-electron chi connectivity index (χ1n) is 6.83. The highest BCUT2D eigenvalue weighted by molar-refractivity contribution is 5.93. The summed E-state index contributed by atoms with van der Waals surface area (Å²) < 4.78 is 0. The molecule has 0 atom stereocenters. The highest BCUT2D eigenvalue weighted by Gasteiger charge is 2.31. The van der Waals surface area contributed by atoms with E-state index in [4.69, 9.17) is 5.26 Å². The molecule has 0 aromatic carbocycles. The van der Waals surface area contributed by atoms with E-state index < -0.39 is 5.54 Å². The van der Waals surface area contributed by atoms with Gasteiger partial charge in [-0.2, -0.15) is 5.26 Å². The maximum absolute atomic E-state index is 12.4. The Labute approximate surface area is 119 Å². The first-order valence-corrected chi connectivity index (χ1v) is 6.83. The standard InChI is InChI=1S/C15H20N4O/c1-12-5-4-6-17-13(12)14(20)18-7-9-19(10-8-18)15(2,3)11-16/h4-6H,7-10H2,1-3H3. The number of nitriles is 1. The Kier molecular flexibility index (Phi) is 4.05. The number of hydrogen-bond donors (Lipinski definition) is 0. The zero-order valence-electron chi connectivity index (χ0n) is 12.3. The molecule has 1 aliphatic heterocycles. The second-order valence-corrected chi connectivity index (χ2v) is 5.62. The molecule has 0 saturated carbocycles. The van der Waals surface area contributed by atoms with Crippen LogP contribution in [0, 0.1) is 18.3 Å². The minimum Gasteiger partial charge on any atom is -0.335 e. The highest BCUT2D eigenvalue weighted by Crippen LogP contribution is 2.17. The number of piperazine rings is 1. The molecule has 1 fully saturated rings. The molecule has 5 heteroatoms. The van der Waals surface area contributed by atoms with Gasteiger partial charge in [-0.05, 0) is 32.4 Å². The molecule has 20 heavy (non-hydrogen) atoms. The smallest absolute Gasteiger partial charge is 0.272 e. The van der Waals surface area contributed by atoms with Gasteiger partial charge in [0.15, 0.2) is 0 Å². The molecule has 0 unspecified atom stereocenters. The first-order chi connectivity index (χ1) is 9.45. The van der Waals surface area contributed by atoms with E-state index in [0.29, 0.717) is 18.8 Å². The average molecular weight is 272 g/mol. The van der Waals surface area contributed by atoms with Crippen LogP contribution in [-0.2, 0) is 0 Å². The number of carbonyl (C=O) groups is 1. The fraction of sp³-hybridized carbons (Fsp3) is 0.533. The maximum atomic E-state index is 12.4. The van der Waals surface area contributed by atoms with Gasteiger partial charge in [-0.1, -0.05) is 6.07 Å². The molecule has 1 aromatic heterocycles. The average Bonchev–Trinajstić information content (AvgIpc) is 2.47. The lowest BCUT2D eigenvalue weighted by Gasteiger charge is -2.40. The van der Waals surface area contributed by atoms with Crippen LogP contribution in [-0.4, -0.2) is 52.4 Å². The third-order valence-corrected chi connectivity index (χ3v) is 3.84. The molecular formula is C15H20N4O. The Bertz CT molecular complexity index is 539. The maximum Gasteiger partial charge on any atom is 0.272 e. The number of rotatable bonds is 2. The van der Waals surface area contributed by atoms with Gasteiger partial charge in [-0.25, -0.2) is 0 Å². The van der Waals surface area contributed by atoms with E-state index in [2.05, 4.69) is 16.0 Å². The third kappa shape index (κ3) is 2.81. The fourth-order valence-electron chi connectivity index (χ4n) is 2.40. The molecule has 1 saturated heterocycles. The Morgan fingerprint density at radius 3 is 2.55 bits per heavy atom. The van der Waals surface area contributed by atoms with Crippen molar-refractivity contribution in [1.29, 1.82) is 5.26 Å². The summed E-state index contributed by atoms with van der Waals surface area (Å²) in [5.41, 5.74) is 0.952. The molecule has 2 rings (SSSR count). The van der Waals surface area contributed by atoms with E-state index in [1.54, 1.807) is 6.20 Å². The van der Waals surface area contributed by atoms with E-state index in [-0.39, 0.29) is 5.91 Å². The van der Waals surface area contributed by atoms with Crippen molar-refractivity contribution in [3.8, 4) is 6.07 Å². The summed E-state index contributed by atoms with van der Waals surface area (Å²) >= 11 is 0. The van der Waals surface area contributed by atoms with Gasteiger partial charge in [0.05, 0.1) is 6.07 Å². The molecule has 0 radical (unpaired) electrons. The first kappa shape index (κ1) is 14.5. The van der Waals surface area contributed by atoms with Crippen molar-refractivity contribution in [1.82, 2.24) is 14.8 Å². The molecule has 0 bridgehead atoms. The Balaban J connectivity index is 2.03. The Morgan fingerprint density at radius 2 is 2.00 bits per heavy atom. The van der Waals surface area contributed by atoms with Gasteiger partial charge in [0.1, 0.15) is 11.2 Å². The van der Waals surface area contributed by atoms with E-state index in [1.807, 2.05) is 37.8 Å². The van der Waals surface area contributed by atoms with Crippen molar-refractivity contribution in [2.24, 2.45) is 0 Å². The Hall–Kier alpha value is -1.93. The minimum absolute atomic E-state index is 0.0162. The number of aryl methyl sites for hydroxylation is 1. The lowest BCUT2D eigenvalue weighted by molar-refractivity contribution is 0.0515. The predicted molar refractivity (Wildman–Crippen MR) is 76.1 cm³/mol. The normalized spacial score (nSPS) is 16.8. The van der Waals surface area contributed by atoms with E-state index in [1.165, 1.54) is 0 Å². The fourth-order valence-corrected chi connectivity index (χ4v) is 2.40. The molecule has 0 aliphatic carbocycles. The summed E-state index contributed by atoms with van der Waals surface area (Å²) in [4.78, 5) is 20.5. The second-order valence-electron chi connectivity index (χ2n) is 5.62. The topological polar surface area (TPSA) is 60.2 Å². The highest BCUT2D eigenvalue weighted by atomic mass is 16.2.